The zero-order valence-corrected chi connectivity index (χ0v) is 10.7. The van der Waals surface area contributed by atoms with E-state index in [-0.39, 0.29) is 5.95 Å². The van der Waals surface area contributed by atoms with Crippen LogP contribution in [0.2, 0.25) is 0 Å². The molecule has 2 heterocycles. The van der Waals surface area contributed by atoms with E-state index in [9.17, 15) is 15.0 Å². The Hall–Kier alpha value is -1.99. The highest BCUT2D eigenvalue weighted by molar-refractivity contribution is 5.23. The Bertz CT molecular complexity index is 610. The second-order valence-corrected chi connectivity index (χ2v) is 4.62. The monoisotopic (exact) mass is 281 g/mol. The van der Waals surface area contributed by atoms with E-state index in [0.717, 1.165) is 10.9 Å². The van der Waals surface area contributed by atoms with E-state index in [2.05, 4.69) is 15.9 Å². The third-order valence-corrected chi connectivity index (χ3v) is 3.22. The zero-order valence-electron chi connectivity index (χ0n) is 10.7. The van der Waals surface area contributed by atoms with Gasteiger partial charge in [-0.1, -0.05) is 5.92 Å². The van der Waals surface area contributed by atoms with Crippen molar-refractivity contribution in [1.29, 1.82) is 0 Å². The van der Waals surface area contributed by atoms with Gasteiger partial charge in [0.2, 0.25) is 5.95 Å². The van der Waals surface area contributed by atoms with Gasteiger partial charge in [0.25, 0.3) is 0 Å². The summed E-state index contributed by atoms with van der Waals surface area (Å²) in [7, 11) is 0. The van der Waals surface area contributed by atoms with Crippen molar-refractivity contribution >= 4 is 5.95 Å². The highest BCUT2D eigenvalue weighted by Crippen LogP contribution is 2.36. The van der Waals surface area contributed by atoms with Crippen LogP contribution in [-0.4, -0.2) is 48.6 Å². The standard InChI is InChI=1S/C11H15N5O4/c1-3-11(13)7(18)6(5(2)17)20-8(11)16-4-14-9(12)15-10(16)19/h1,4-8,17-18H,13H2,2H3,(H2,12,15,19)/t5-,6+,7?,8+,11?/m0/s1. The largest absolute Gasteiger partial charge is 0.391 e. The maximum absolute atomic E-state index is 11.8. The Morgan fingerprint density at radius 3 is 2.85 bits per heavy atom. The van der Waals surface area contributed by atoms with E-state index < -0.39 is 35.8 Å². The fourth-order valence-electron chi connectivity index (χ4n) is 2.10. The number of terminal acetylenes is 1. The first-order valence-corrected chi connectivity index (χ1v) is 5.80. The lowest BCUT2D eigenvalue weighted by atomic mass is 9.90. The predicted octanol–water partition coefficient (Wildman–Crippen LogP) is -2.81. The van der Waals surface area contributed by atoms with E-state index in [1.54, 1.807) is 0 Å². The van der Waals surface area contributed by atoms with Crippen LogP contribution in [0.5, 0.6) is 0 Å². The molecule has 0 radical (unpaired) electrons. The molecule has 0 spiro atoms. The van der Waals surface area contributed by atoms with Gasteiger partial charge >= 0.3 is 5.69 Å². The lowest BCUT2D eigenvalue weighted by Crippen LogP contribution is -2.55. The number of rotatable bonds is 2. The molecule has 0 saturated carbocycles. The Balaban J connectivity index is 2.50. The van der Waals surface area contributed by atoms with E-state index in [0.29, 0.717) is 0 Å². The van der Waals surface area contributed by atoms with Gasteiger partial charge in [0.1, 0.15) is 18.5 Å². The molecular formula is C11H15N5O4. The number of nitrogens with two attached hydrogens (primary N) is 2. The zero-order chi connectivity index (χ0) is 15.1. The van der Waals surface area contributed by atoms with Gasteiger partial charge in [-0.25, -0.2) is 9.78 Å². The number of aromatic nitrogens is 3. The summed E-state index contributed by atoms with van der Waals surface area (Å²) < 4.78 is 6.36. The fourth-order valence-corrected chi connectivity index (χ4v) is 2.10. The van der Waals surface area contributed by atoms with Gasteiger partial charge in [0.05, 0.1) is 6.10 Å². The van der Waals surface area contributed by atoms with Gasteiger partial charge in [-0.3, -0.25) is 4.57 Å². The van der Waals surface area contributed by atoms with Crippen LogP contribution in [0.15, 0.2) is 11.1 Å². The summed E-state index contributed by atoms with van der Waals surface area (Å²) in [4.78, 5) is 18.9. The molecular weight excluding hydrogens is 266 g/mol. The third-order valence-electron chi connectivity index (χ3n) is 3.22. The quantitative estimate of drug-likeness (QED) is 0.424. The minimum absolute atomic E-state index is 0.208. The average Bonchev–Trinajstić information content (AvgIpc) is 2.64. The number of aliphatic hydroxyl groups is 2. The van der Waals surface area contributed by atoms with E-state index in [1.165, 1.54) is 6.92 Å². The summed E-state index contributed by atoms with van der Waals surface area (Å²) in [5, 5.41) is 19.7. The van der Waals surface area contributed by atoms with Crippen molar-refractivity contribution in [2.24, 2.45) is 5.73 Å². The second-order valence-electron chi connectivity index (χ2n) is 4.62. The molecule has 0 amide bonds. The van der Waals surface area contributed by atoms with E-state index in [1.807, 2.05) is 0 Å². The van der Waals surface area contributed by atoms with Crippen LogP contribution in [-0.2, 0) is 4.74 Å². The molecule has 6 N–H and O–H groups in total. The molecule has 1 aromatic rings. The molecule has 9 heteroatoms. The van der Waals surface area contributed by atoms with Crippen LogP contribution in [0, 0.1) is 12.3 Å². The van der Waals surface area contributed by atoms with Crippen LogP contribution in [0.4, 0.5) is 5.95 Å². The normalized spacial score (nSPS) is 34.6. The van der Waals surface area contributed by atoms with E-state index >= 15 is 0 Å². The summed E-state index contributed by atoms with van der Waals surface area (Å²) in [6, 6.07) is 0. The maximum atomic E-state index is 11.8. The van der Waals surface area contributed by atoms with Gasteiger partial charge in [0, 0.05) is 0 Å². The highest BCUT2D eigenvalue weighted by Gasteiger charge is 2.55. The highest BCUT2D eigenvalue weighted by atomic mass is 16.5. The summed E-state index contributed by atoms with van der Waals surface area (Å²) in [6.07, 6.45) is 1.79. The summed E-state index contributed by atoms with van der Waals surface area (Å²) in [5.74, 6) is 2.00. The molecule has 108 valence electrons. The fraction of sp³-hybridized carbons (Fsp3) is 0.545. The van der Waals surface area contributed by atoms with Gasteiger partial charge < -0.3 is 26.4 Å². The topological polar surface area (TPSA) is 150 Å². The summed E-state index contributed by atoms with van der Waals surface area (Å²) in [5.41, 5.74) is 8.76. The minimum Gasteiger partial charge on any atom is -0.391 e. The number of hydrogen-bond donors (Lipinski definition) is 4. The van der Waals surface area contributed by atoms with E-state index in [4.69, 9.17) is 22.6 Å². The molecule has 0 aromatic carbocycles. The molecule has 1 aliphatic heterocycles. The van der Waals surface area contributed by atoms with Gasteiger partial charge in [0.15, 0.2) is 11.8 Å². The van der Waals surface area contributed by atoms with Crippen molar-refractivity contribution in [3.8, 4) is 12.3 Å². The summed E-state index contributed by atoms with van der Waals surface area (Å²) in [6.45, 7) is 1.41. The Morgan fingerprint density at radius 2 is 2.35 bits per heavy atom. The Kier molecular flexibility index (Phi) is 3.49. The molecule has 0 aliphatic carbocycles. The number of anilines is 1. The van der Waals surface area contributed by atoms with Crippen LogP contribution < -0.4 is 17.2 Å². The smallest absolute Gasteiger partial charge is 0.354 e. The van der Waals surface area contributed by atoms with Gasteiger partial charge in [-0.05, 0) is 6.92 Å². The molecule has 9 nitrogen and oxygen atoms in total. The van der Waals surface area contributed by atoms with Crippen molar-refractivity contribution in [3.05, 3.63) is 16.8 Å². The molecule has 5 atom stereocenters. The lowest BCUT2D eigenvalue weighted by molar-refractivity contribution is -0.0781. The minimum atomic E-state index is -1.70. The van der Waals surface area contributed by atoms with Crippen LogP contribution in [0.1, 0.15) is 13.2 Å². The van der Waals surface area contributed by atoms with Crippen LogP contribution >= 0.6 is 0 Å². The van der Waals surface area contributed by atoms with Crippen molar-refractivity contribution < 1.29 is 14.9 Å². The van der Waals surface area contributed by atoms with Gasteiger partial charge in [-0.15, -0.1) is 6.42 Å². The first kappa shape index (κ1) is 14.4. The molecule has 1 saturated heterocycles. The van der Waals surface area contributed by atoms with Crippen molar-refractivity contribution in [2.45, 2.75) is 37.0 Å². The third kappa shape index (κ3) is 2.04. The maximum Gasteiger partial charge on any atom is 0.354 e. The van der Waals surface area contributed by atoms with Crippen molar-refractivity contribution in [1.82, 2.24) is 14.5 Å². The summed E-state index contributed by atoms with van der Waals surface area (Å²) >= 11 is 0. The Labute approximate surface area is 114 Å². The van der Waals surface area contributed by atoms with Crippen molar-refractivity contribution in [3.63, 3.8) is 0 Å². The van der Waals surface area contributed by atoms with Crippen LogP contribution in [0.3, 0.4) is 0 Å². The lowest BCUT2D eigenvalue weighted by Gasteiger charge is -2.27. The number of aliphatic hydroxyl groups excluding tert-OH is 2. The predicted molar refractivity (Wildman–Crippen MR) is 68.1 cm³/mol. The molecule has 0 bridgehead atoms. The molecule has 1 aliphatic rings. The number of hydrogen-bond acceptors (Lipinski definition) is 8. The molecule has 2 unspecified atom stereocenters. The molecule has 1 aromatic heterocycles. The number of nitrogens with zero attached hydrogens (tertiary/aromatic N) is 3. The van der Waals surface area contributed by atoms with Gasteiger partial charge in [-0.2, -0.15) is 4.98 Å². The number of ether oxygens (including phenoxy) is 1. The molecule has 1 fully saturated rings. The average molecular weight is 281 g/mol. The molecule has 20 heavy (non-hydrogen) atoms. The first-order valence-electron chi connectivity index (χ1n) is 5.80. The Morgan fingerprint density at radius 1 is 1.70 bits per heavy atom. The molecule has 2 rings (SSSR count). The second kappa shape index (κ2) is 4.84. The van der Waals surface area contributed by atoms with Crippen molar-refractivity contribution in [2.75, 3.05) is 5.73 Å². The number of nitrogen functional groups attached to an aromatic ring is 1. The first-order chi connectivity index (χ1) is 9.31. The van der Waals surface area contributed by atoms with Crippen LogP contribution in [0.25, 0.3) is 0 Å². The SMILES string of the molecule is C#CC1(N)C(O)[C@@H]([C@H](C)O)O[C@H]1n1cnc(N)nc1=O.